The van der Waals surface area contributed by atoms with Gasteiger partial charge < -0.3 is 9.84 Å². The van der Waals surface area contributed by atoms with Crippen LogP contribution in [0.2, 0.25) is 0 Å². The summed E-state index contributed by atoms with van der Waals surface area (Å²) < 4.78 is 4.99. The van der Waals surface area contributed by atoms with Crippen LogP contribution in [0.15, 0.2) is 23.8 Å². The number of hydrogen-bond acceptors (Lipinski definition) is 5. The number of methoxy groups -OCH3 is 1. The highest BCUT2D eigenvalue weighted by Crippen LogP contribution is 2.28. The van der Waals surface area contributed by atoms with Crippen molar-refractivity contribution >= 4 is 23.9 Å². The number of carbonyl (C=O) groups excluding carboxylic acids is 3. The topological polar surface area (TPSA) is 95.9 Å². The zero-order valence-corrected chi connectivity index (χ0v) is 13.3. The van der Waals surface area contributed by atoms with Crippen molar-refractivity contribution in [3.05, 3.63) is 29.3 Å². The summed E-state index contributed by atoms with van der Waals surface area (Å²) in [6.07, 6.45) is 1.35. The van der Waals surface area contributed by atoms with Gasteiger partial charge in [-0.2, -0.15) is 0 Å². The first-order valence-corrected chi connectivity index (χ1v) is 6.93. The quantitative estimate of drug-likeness (QED) is 0.638. The van der Waals surface area contributed by atoms with Crippen LogP contribution in [0, 0.1) is 0 Å². The Balaban J connectivity index is 2.46. The zero-order valence-electron chi connectivity index (χ0n) is 13.3. The molecule has 1 aliphatic rings. The largest absolute Gasteiger partial charge is 0.504 e. The number of ether oxygens (including phenoxy) is 1. The molecule has 7 nitrogen and oxygen atoms in total. The number of aromatic hydroxyl groups is 1. The van der Waals surface area contributed by atoms with Crippen LogP contribution in [-0.4, -0.2) is 40.5 Å². The predicted octanol–water partition coefficient (Wildman–Crippen LogP) is 1.66. The number of nitrogens with zero attached hydrogens (tertiary/aromatic N) is 1. The molecule has 4 amide bonds. The molecule has 1 heterocycles. The minimum atomic E-state index is -0.770. The average Bonchev–Trinajstić information content (AvgIpc) is 2.43. The Labute approximate surface area is 133 Å². The Kier molecular flexibility index (Phi) is 4.14. The summed E-state index contributed by atoms with van der Waals surface area (Å²) in [5.41, 5.74) is -0.443. The highest BCUT2D eigenvalue weighted by atomic mass is 16.5. The zero-order chi connectivity index (χ0) is 17.4. The number of nitrogens with one attached hydrogen (secondary N) is 1. The summed E-state index contributed by atoms with van der Waals surface area (Å²) in [6.45, 7) is 5.09. The standard InChI is InChI=1S/C16H18N2O5/c1-16(2,3)18-14(21)10(13(20)17-15(18)22)7-9-5-6-11(19)12(8-9)23-4/h5-8,19H,1-4H3,(H,17,20,22)/b10-7-. The first kappa shape index (κ1) is 16.5. The van der Waals surface area contributed by atoms with Crippen molar-refractivity contribution < 1.29 is 24.2 Å². The number of phenols is 1. The van der Waals surface area contributed by atoms with Crippen molar-refractivity contribution in [1.29, 1.82) is 0 Å². The number of urea groups is 1. The third kappa shape index (κ3) is 3.18. The van der Waals surface area contributed by atoms with E-state index in [-0.39, 0.29) is 17.1 Å². The van der Waals surface area contributed by atoms with E-state index in [1.54, 1.807) is 20.8 Å². The van der Waals surface area contributed by atoms with Gasteiger partial charge in [0.1, 0.15) is 5.57 Å². The molecule has 2 N–H and O–H groups in total. The molecular weight excluding hydrogens is 300 g/mol. The lowest BCUT2D eigenvalue weighted by molar-refractivity contribution is -0.133. The van der Waals surface area contributed by atoms with Crippen molar-refractivity contribution in [2.24, 2.45) is 0 Å². The van der Waals surface area contributed by atoms with Gasteiger partial charge in [0, 0.05) is 5.54 Å². The first-order chi connectivity index (χ1) is 10.6. The van der Waals surface area contributed by atoms with Crippen LogP contribution in [0.5, 0.6) is 11.5 Å². The van der Waals surface area contributed by atoms with E-state index in [9.17, 15) is 19.5 Å². The Morgan fingerprint density at radius 2 is 1.87 bits per heavy atom. The van der Waals surface area contributed by atoms with Gasteiger partial charge in [-0.25, -0.2) is 4.79 Å². The summed E-state index contributed by atoms with van der Waals surface area (Å²) in [5, 5.41) is 11.7. The van der Waals surface area contributed by atoms with Crippen LogP contribution in [0.25, 0.3) is 6.08 Å². The molecular formula is C16H18N2O5. The average molecular weight is 318 g/mol. The van der Waals surface area contributed by atoms with E-state index in [4.69, 9.17) is 4.74 Å². The molecule has 1 fully saturated rings. The summed E-state index contributed by atoms with van der Waals surface area (Å²) in [4.78, 5) is 37.4. The van der Waals surface area contributed by atoms with Crippen molar-refractivity contribution in [2.45, 2.75) is 26.3 Å². The van der Waals surface area contributed by atoms with E-state index in [1.165, 1.54) is 31.4 Å². The van der Waals surface area contributed by atoms with Gasteiger partial charge in [-0.1, -0.05) is 6.07 Å². The molecule has 2 rings (SSSR count). The maximum atomic E-state index is 12.5. The van der Waals surface area contributed by atoms with Gasteiger partial charge in [0.25, 0.3) is 11.8 Å². The molecule has 0 bridgehead atoms. The van der Waals surface area contributed by atoms with E-state index >= 15 is 0 Å². The van der Waals surface area contributed by atoms with Crippen LogP contribution < -0.4 is 10.1 Å². The van der Waals surface area contributed by atoms with E-state index in [0.29, 0.717) is 5.56 Å². The Morgan fingerprint density at radius 1 is 1.22 bits per heavy atom. The van der Waals surface area contributed by atoms with Gasteiger partial charge in [0.05, 0.1) is 7.11 Å². The highest BCUT2D eigenvalue weighted by Gasteiger charge is 2.41. The van der Waals surface area contributed by atoms with Crippen molar-refractivity contribution in [1.82, 2.24) is 10.2 Å². The number of barbiturate groups is 1. The maximum Gasteiger partial charge on any atom is 0.331 e. The van der Waals surface area contributed by atoms with Crippen LogP contribution in [-0.2, 0) is 9.59 Å². The summed E-state index contributed by atoms with van der Waals surface area (Å²) in [7, 11) is 1.39. The molecule has 0 aliphatic carbocycles. The minimum Gasteiger partial charge on any atom is -0.504 e. The maximum absolute atomic E-state index is 12.5. The third-order valence-electron chi connectivity index (χ3n) is 3.29. The molecule has 0 atom stereocenters. The van der Waals surface area contributed by atoms with Crippen LogP contribution in [0.1, 0.15) is 26.3 Å². The second kappa shape index (κ2) is 5.75. The Hall–Kier alpha value is -2.83. The Bertz CT molecular complexity index is 716. The van der Waals surface area contributed by atoms with Gasteiger partial charge in [0.15, 0.2) is 11.5 Å². The van der Waals surface area contributed by atoms with E-state index in [1.807, 2.05) is 0 Å². The molecule has 1 saturated heterocycles. The van der Waals surface area contributed by atoms with Crippen molar-refractivity contribution in [3.8, 4) is 11.5 Å². The number of imide groups is 2. The van der Waals surface area contributed by atoms with Crippen LogP contribution >= 0.6 is 0 Å². The second-order valence-corrected chi connectivity index (χ2v) is 6.06. The molecule has 0 unspecified atom stereocenters. The fourth-order valence-corrected chi connectivity index (χ4v) is 2.22. The van der Waals surface area contributed by atoms with Gasteiger partial charge in [-0.05, 0) is 44.5 Å². The molecule has 0 aromatic heterocycles. The molecule has 0 spiro atoms. The number of rotatable bonds is 2. The molecule has 23 heavy (non-hydrogen) atoms. The van der Waals surface area contributed by atoms with E-state index < -0.39 is 23.4 Å². The number of benzene rings is 1. The summed E-state index contributed by atoms with van der Waals surface area (Å²) >= 11 is 0. The molecule has 122 valence electrons. The van der Waals surface area contributed by atoms with Crippen LogP contribution in [0.3, 0.4) is 0 Å². The van der Waals surface area contributed by atoms with Crippen LogP contribution in [0.4, 0.5) is 4.79 Å². The minimum absolute atomic E-state index is 0.0550. The highest BCUT2D eigenvalue weighted by molar-refractivity contribution is 6.31. The fourth-order valence-electron chi connectivity index (χ4n) is 2.22. The van der Waals surface area contributed by atoms with Gasteiger partial charge >= 0.3 is 6.03 Å². The molecule has 0 radical (unpaired) electrons. The lowest BCUT2D eigenvalue weighted by Gasteiger charge is -2.36. The van der Waals surface area contributed by atoms with E-state index in [0.717, 1.165) is 4.90 Å². The lowest BCUT2D eigenvalue weighted by Crippen LogP contribution is -2.60. The van der Waals surface area contributed by atoms with Crippen molar-refractivity contribution in [2.75, 3.05) is 7.11 Å². The van der Waals surface area contributed by atoms with Crippen molar-refractivity contribution in [3.63, 3.8) is 0 Å². The number of phenolic OH excluding ortho intramolecular Hbond substituents is 1. The monoisotopic (exact) mass is 318 g/mol. The second-order valence-electron chi connectivity index (χ2n) is 6.06. The number of carbonyl (C=O) groups is 3. The first-order valence-electron chi connectivity index (χ1n) is 6.93. The summed E-state index contributed by atoms with van der Waals surface area (Å²) in [5.74, 6) is -1.27. The van der Waals surface area contributed by atoms with Gasteiger partial charge in [-0.15, -0.1) is 0 Å². The smallest absolute Gasteiger partial charge is 0.331 e. The fraction of sp³-hybridized carbons (Fsp3) is 0.312. The normalized spacial score (nSPS) is 17.5. The molecule has 1 aromatic rings. The third-order valence-corrected chi connectivity index (χ3v) is 3.29. The number of hydrogen-bond donors (Lipinski definition) is 2. The number of amides is 4. The molecule has 0 saturated carbocycles. The van der Waals surface area contributed by atoms with Gasteiger partial charge in [0.2, 0.25) is 0 Å². The molecule has 1 aliphatic heterocycles. The van der Waals surface area contributed by atoms with Gasteiger partial charge in [-0.3, -0.25) is 19.8 Å². The molecule has 7 heteroatoms. The lowest BCUT2D eigenvalue weighted by atomic mass is 10.0. The SMILES string of the molecule is COc1cc(/C=C2/C(=O)NC(=O)N(C(C)(C)C)C2=O)ccc1O. The molecule has 1 aromatic carbocycles. The van der Waals surface area contributed by atoms with E-state index in [2.05, 4.69) is 5.32 Å². The Morgan fingerprint density at radius 3 is 2.43 bits per heavy atom. The predicted molar refractivity (Wildman–Crippen MR) is 82.8 cm³/mol. The summed E-state index contributed by atoms with van der Waals surface area (Å²) in [6, 6.07) is 3.67.